The summed E-state index contributed by atoms with van der Waals surface area (Å²) < 4.78 is 4.32. The lowest BCUT2D eigenvalue weighted by Crippen LogP contribution is -2.40. The summed E-state index contributed by atoms with van der Waals surface area (Å²) >= 11 is 0. The van der Waals surface area contributed by atoms with E-state index in [1.165, 1.54) is 18.5 Å². The summed E-state index contributed by atoms with van der Waals surface area (Å²) in [6.07, 6.45) is 1.12. The third-order valence-electron chi connectivity index (χ3n) is 2.60. The largest absolute Gasteiger partial charge is 0.467 e. The molecule has 0 saturated heterocycles. The van der Waals surface area contributed by atoms with Gasteiger partial charge in [-0.25, -0.2) is 4.79 Å². The van der Waals surface area contributed by atoms with Crippen molar-refractivity contribution in [2.45, 2.75) is 6.10 Å². The molecular formula is C11H10N2O5. The Morgan fingerprint density at radius 1 is 1.44 bits per heavy atom. The van der Waals surface area contributed by atoms with Crippen LogP contribution in [0, 0.1) is 0 Å². The maximum atomic E-state index is 11.9. The quantitative estimate of drug-likeness (QED) is 0.558. The molecule has 2 rings (SSSR count). The van der Waals surface area contributed by atoms with Crippen LogP contribution >= 0.6 is 0 Å². The number of fused-ring (bicyclic) bond motifs is 1. The molecule has 7 heteroatoms. The maximum Gasteiger partial charge on any atom is 0.336 e. The summed E-state index contributed by atoms with van der Waals surface area (Å²) in [5, 5.41) is 9.46. The van der Waals surface area contributed by atoms with Crippen LogP contribution in [0.25, 0.3) is 0 Å². The lowest BCUT2D eigenvalue weighted by Gasteiger charge is -2.16. The van der Waals surface area contributed by atoms with E-state index in [2.05, 4.69) is 9.72 Å². The predicted octanol–water partition coefficient (Wildman–Crippen LogP) is -0.789. The fourth-order valence-corrected chi connectivity index (χ4v) is 1.68. The molecule has 1 aromatic rings. The number of carbonyl (C=O) groups is 3. The molecule has 0 spiro atoms. The normalized spacial score (nSPS) is 15.6. The van der Waals surface area contributed by atoms with Crippen molar-refractivity contribution in [1.82, 2.24) is 9.88 Å². The second kappa shape index (κ2) is 4.53. The fraction of sp³-hybridized carbons (Fsp3) is 0.273. The van der Waals surface area contributed by atoms with Gasteiger partial charge in [-0.15, -0.1) is 0 Å². The number of hydrogen-bond donors (Lipinski definition) is 1. The number of methoxy groups -OCH3 is 1. The molecule has 94 valence electrons. The van der Waals surface area contributed by atoms with Crippen LogP contribution in [0.4, 0.5) is 0 Å². The fourth-order valence-electron chi connectivity index (χ4n) is 1.68. The smallest absolute Gasteiger partial charge is 0.336 e. The number of aliphatic hydroxyl groups is 1. The van der Waals surface area contributed by atoms with Crippen LogP contribution in [0.2, 0.25) is 0 Å². The average Bonchev–Trinajstić information content (AvgIpc) is 2.63. The first kappa shape index (κ1) is 12.2. The molecule has 1 aromatic heterocycles. The Morgan fingerprint density at radius 2 is 2.11 bits per heavy atom. The molecule has 1 aliphatic heterocycles. The van der Waals surface area contributed by atoms with E-state index in [4.69, 9.17) is 0 Å². The van der Waals surface area contributed by atoms with Gasteiger partial charge in [-0.3, -0.25) is 19.5 Å². The molecule has 0 aromatic carbocycles. The van der Waals surface area contributed by atoms with E-state index >= 15 is 0 Å². The van der Waals surface area contributed by atoms with Gasteiger partial charge in [0.25, 0.3) is 11.8 Å². The summed E-state index contributed by atoms with van der Waals surface area (Å²) in [5.41, 5.74) is 0.381. The lowest BCUT2D eigenvalue weighted by atomic mass is 10.2. The summed E-state index contributed by atoms with van der Waals surface area (Å²) in [6, 6.07) is 1.42. The summed E-state index contributed by atoms with van der Waals surface area (Å²) in [5.74, 6) is -2.03. The number of pyridine rings is 1. The zero-order chi connectivity index (χ0) is 13.3. The highest BCUT2D eigenvalue weighted by atomic mass is 16.5. The van der Waals surface area contributed by atoms with E-state index in [0.29, 0.717) is 0 Å². The van der Waals surface area contributed by atoms with Crippen molar-refractivity contribution in [2.24, 2.45) is 0 Å². The van der Waals surface area contributed by atoms with Crippen molar-refractivity contribution < 1.29 is 24.2 Å². The van der Waals surface area contributed by atoms with Crippen LogP contribution in [-0.4, -0.2) is 52.5 Å². The minimum Gasteiger partial charge on any atom is -0.467 e. The van der Waals surface area contributed by atoms with Gasteiger partial charge in [0.1, 0.15) is 0 Å². The third-order valence-corrected chi connectivity index (χ3v) is 2.60. The Morgan fingerprint density at radius 3 is 2.72 bits per heavy atom. The van der Waals surface area contributed by atoms with E-state index in [9.17, 15) is 19.5 Å². The van der Waals surface area contributed by atoms with Crippen molar-refractivity contribution in [3.05, 3.63) is 29.6 Å². The Labute approximate surface area is 102 Å². The van der Waals surface area contributed by atoms with Crippen molar-refractivity contribution in [2.75, 3.05) is 13.7 Å². The zero-order valence-corrected chi connectivity index (χ0v) is 9.49. The van der Waals surface area contributed by atoms with Gasteiger partial charge >= 0.3 is 5.97 Å². The molecule has 1 aliphatic rings. The second-order valence-corrected chi connectivity index (χ2v) is 3.68. The van der Waals surface area contributed by atoms with E-state index in [-0.39, 0.29) is 11.1 Å². The summed E-state index contributed by atoms with van der Waals surface area (Å²) in [7, 11) is 1.11. The van der Waals surface area contributed by atoms with Gasteiger partial charge in [-0.05, 0) is 6.07 Å². The minimum absolute atomic E-state index is 0.166. The Bertz CT molecular complexity index is 493. The number of amides is 2. The molecule has 1 N–H and O–H groups in total. The van der Waals surface area contributed by atoms with Crippen molar-refractivity contribution in [3.63, 3.8) is 0 Å². The molecule has 1 unspecified atom stereocenters. The number of ether oxygens (including phenoxy) is 1. The lowest BCUT2D eigenvalue weighted by molar-refractivity contribution is -0.150. The van der Waals surface area contributed by atoms with E-state index in [1.54, 1.807) is 0 Å². The minimum atomic E-state index is -1.55. The van der Waals surface area contributed by atoms with Gasteiger partial charge in [0.05, 0.1) is 24.8 Å². The molecule has 7 nitrogen and oxygen atoms in total. The van der Waals surface area contributed by atoms with Crippen LogP contribution < -0.4 is 0 Å². The Hall–Kier alpha value is -2.28. The number of esters is 1. The van der Waals surface area contributed by atoms with E-state index in [0.717, 1.165) is 12.0 Å². The van der Waals surface area contributed by atoms with Gasteiger partial charge in [0.2, 0.25) is 0 Å². The first-order chi connectivity index (χ1) is 8.56. The second-order valence-electron chi connectivity index (χ2n) is 3.68. The zero-order valence-electron chi connectivity index (χ0n) is 9.49. The van der Waals surface area contributed by atoms with Gasteiger partial charge < -0.3 is 9.84 Å². The molecule has 0 aliphatic carbocycles. The highest BCUT2D eigenvalue weighted by molar-refractivity contribution is 6.21. The Balaban J connectivity index is 2.21. The molecule has 0 fully saturated rings. The summed E-state index contributed by atoms with van der Waals surface area (Å²) in [6.45, 7) is -0.432. The number of nitrogens with zero attached hydrogens (tertiary/aromatic N) is 2. The van der Waals surface area contributed by atoms with Gasteiger partial charge in [-0.2, -0.15) is 0 Å². The number of aliphatic hydroxyl groups excluding tert-OH is 1. The topological polar surface area (TPSA) is 96.8 Å². The summed E-state index contributed by atoms with van der Waals surface area (Å²) in [4.78, 5) is 39.3. The van der Waals surface area contributed by atoms with Crippen LogP contribution in [0.5, 0.6) is 0 Å². The van der Waals surface area contributed by atoms with Crippen LogP contribution in [0.15, 0.2) is 18.5 Å². The number of carbonyl (C=O) groups excluding carboxylic acids is 3. The third kappa shape index (κ3) is 1.84. The van der Waals surface area contributed by atoms with Crippen LogP contribution in [0.3, 0.4) is 0 Å². The molecular weight excluding hydrogens is 240 g/mol. The van der Waals surface area contributed by atoms with Crippen molar-refractivity contribution >= 4 is 17.8 Å². The number of aromatic nitrogens is 1. The molecule has 2 amide bonds. The highest BCUT2D eigenvalue weighted by Gasteiger charge is 2.37. The number of β-amino-alcohol motifs (C(OH)–C–C–N with tert-alkyl or cyclic N) is 1. The van der Waals surface area contributed by atoms with Crippen LogP contribution in [0.1, 0.15) is 20.7 Å². The van der Waals surface area contributed by atoms with Gasteiger partial charge in [0, 0.05) is 12.4 Å². The van der Waals surface area contributed by atoms with Crippen molar-refractivity contribution in [1.29, 1.82) is 0 Å². The maximum absolute atomic E-state index is 11.9. The first-order valence-electron chi connectivity index (χ1n) is 5.12. The van der Waals surface area contributed by atoms with E-state index in [1.807, 2.05) is 0 Å². The molecule has 1 atom stereocenters. The molecule has 0 saturated carbocycles. The highest BCUT2D eigenvalue weighted by Crippen LogP contribution is 2.21. The molecule has 18 heavy (non-hydrogen) atoms. The van der Waals surface area contributed by atoms with Crippen LogP contribution in [-0.2, 0) is 9.53 Å². The van der Waals surface area contributed by atoms with Crippen molar-refractivity contribution in [3.8, 4) is 0 Å². The number of rotatable bonds is 3. The molecule has 2 heterocycles. The number of imide groups is 1. The van der Waals surface area contributed by atoms with Gasteiger partial charge in [-0.1, -0.05) is 0 Å². The average molecular weight is 250 g/mol. The molecule has 0 radical (unpaired) electrons. The predicted molar refractivity (Wildman–Crippen MR) is 57.6 cm³/mol. The number of hydrogen-bond acceptors (Lipinski definition) is 6. The van der Waals surface area contributed by atoms with E-state index < -0.39 is 30.4 Å². The monoisotopic (exact) mass is 250 g/mol. The van der Waals surface area contributed by atoms with Gasteiger partial charge in [0.15, 0.2) is 6.10 Å². The first-order valence-corrected chi connectivity index (χ1v) is 5.12. The molecule has 0 bridgehead atoms. The Kier molecular flexibility index (Phi) is 3.07. The SMILES string of the molecule is COC(=O)C(O)CN1C(=O)c2ccncc2C1=O. The standard InChI is InChI=1S/C11H10N2O5/c1-18-11(17)8(14)5-13-9(15)6-2-3-12-4-7(6)10(13)16/h2-4,8,14H,5H2,1H3.